The zero-order valence-electron chi connectivity index (χ0n) is 7.57. The Labute approximate surface area is 83.7 Å². The molecule has 7 heteroatoms. The van der Waals surface area contributed by atoms with Gasteiger partial charge >= 0.3 is 11.7 Å². The van der Waals surface area contributed by atoms with Gasteiger partial charge in [-0.25, -0.2) is 9.59 Å². The van der Waals surface area contributed by atoms with E-state index in [0.717, 1.165) is 4.68 Å². The number of benzene rings is 1. The fourth-order valence-corrected chi connectivity index (χ4v) is 1.12. The second-order valence-corrected chi connectivity index (χ2v) is 2.76. The number of rotatable bonds is 1. The molecule has 1 heterocycles. The Morgan fingerprint density at radius 3 is 2.40 bits per heavy atom. The average Bonchev–Trinajstić information content (AvgIpc) is 2.61. The zero-order chi connectivity index (χ0) is 10.8. The summed E-state index contributed by atoms with van der Waals surface area (Å²) in [6.07, 6.45) is 0. The molecular formula is C8H7N5O2. The summed E-state index contributed by atoms with van der Waals surface area (Å²) in [5, 5.41) is 6.86. The molecule has 2 N–H and O–H groups in total. The van der Waals surface area contributed by atoms with Gasteiger partial charge in [-0.05, 0) is 22.6 Å². The number of hydrogen-bond acceptors (Lipinski definition) is 4. The van der Waals surface area contributed by atoms with Gasteiger partial charge < -0.3 is 5.73 Å². The maximum Gasteiger partial charge on any atom is 0.377 e. The number of carbonyl (C=O) groups is 1. The van der Waals surface area contributed by atoms with Gasteiger partial charge in [0.15, 0.2) is 0 Å². The average molecular weight is 205 g/mol. The summed E-state index contributed by atoms with van der Waals surface area (Å²) < 4.78 is 1.48. The molecule has 0 fully saturated rings. The molecule has 0 unspecified atom stereocenters. The summed E-state index contributed by atoms with van der Waals surface area (Å²) in [5.41, 5.74) is 4.75. The molecule has 2 rings (SSSR count). The van der Waals surface area contributed by atoms with Crippen LogP contribution in [0.2, 0.25) is 0 Å². The first-order valence-electron chi connectivity index (χ1n) is 4.10. The minimum Gasteiger partial charge on any atom is -0.350 e. The standard InChI is InChI=1S/C8H7N5O2/c9-7(14)13-8(15)12(10-11-13)6-4-2-1-3-5-6/h1-5H,(H2,9,14). The van der Waals surface area contributed by atoms with Crippen LogP contribution in [-0.2, 0) is 0 Å². The molecule has 0 aliphatic carbocycles. The number of nitrogens with zero attached hydrogens (tertiary/aromatic N) is 4. The van der Waals surface area contributed by atoms with Gasteiger partial charge in [-0.2, -0.15) is 4.68 Å². The lowest BCUT2D eigenvalue weighted by Crippen LogP contribution is -2.33. The first-order chi connectivity index (χ1) is 7.20. The molecule has 1 aromatic heterocycles. The molecule has 2 aromatic rings. The number of tetrazole rings is 1. The largest absolute Gasteiger partial charge is 0.377 e. The fraction of sp³-hybridized carbons (Fsp3) is 0. The van der Waals surface area contributed by atoms with Crippen molar-refractivity contribution >= 4 is 6.03 Å². The van der Waals surface area contributed by atoms with Gasteiger partial charge in [0, 0.05) is 0 Å². The van der Waals surface area contributed by atoms with Gasteiger partial charge in [0.25, 0.3) is 0 Å². The van der Waals surface area contributed by atoms with Crippen molar-refractivity contribution in [2.24, 2.45) is 5.73 Å². The molecular weight excluding hydrogens is 198 g/mol. The van der Waals surface area contributed by atoms with E-state index < -0.39 is 11.7 Å². The van der Waals surface area contributed by atoms with Crippen molar-refractivity contribution in [1.29, 1.82) is 0 Å². The summed E-state index contributed by atoms with van der Waals surface area (Å²) >= 11 is 0. The third-order valence-corrected chi connectivity index (χ3v) is 1.79. The molecule has 15 heavy (non-hydrogen) atoms. The number of primary amides is 1. The van der Waals surface area contributed by atoms with Crippen LogP contribution in [0.5, 0.6) is 0 Å². The number of carbonyl (C=O) groups excluding carboxylic acids is 1. The van der Waals surface area contributed by atoms with Crippen LogP contribution in [0.3, 0.4) is 0 Å². The Morgan fingerprint density at radius 2 is 1.87 bits per heavy atom. The van der Waals surface area contributed by atoms with Crippen LogP contribution in [0.4, 0.5) is 4.79 Å². The molecule has 0 saturated carbocycles. The second kappa shape index (κ2) is 3.37. The molecule has 1 aromatic carbocycles. The summed E-state index contributed by atoms with van der Waals surface area (Å²) in [7, 11) is 0. The van der Waals surface area contributed by atoms with Crippen LogP contribution in [0.25, 0.3) is 5.69 Å². The quantitative estimate of drug-likeness (QED) is 0.626. The lowest BCUT2D eigenvalue weighted by atomic mass is 10.3. The van der Waals surface area contributed by atoms with E-state index in [0.29, 0.717) is 10.4 Å². The number of amides is 1. The van der Waals surface area contributed by atoms with Crippen LogP contribution in [0.1, 0.15) is 0 Å². The van der Waals surface area contributed by atoms with E-state index in [1.807, 2.05) is 0 Å². The van der Waals surface area contributed by atoms with Crippen molar-refractivity contribution in [1.82, 2.24) is 19.8 Å². The van der Waals surface area contributed by atoms with Crippen LogP contribution >= 0.6 is 0 Å². The first-order valence-corrected chi connectivity index (χ1v) is 4.10. The predicted octanol–water partition coefficient (Wildman–Crippen LogP) is -0.644. The van der Waals surface area contributed by atoms with Gasteiger partial charge in [-0.1, -0.05) is 18.2 Å². The van der Waals surface area contributed by atoms with Crippen molar-refractivity contribution < 1.29 is 4.79 Å². The molecule has 7 nitrogen and oxygen atoms in total. The monoisotopic (exact) mass is 205 g/mol. The van der Waals surface area contributed by atoms with Gasteiger partial charge in [0.05, 0.1) is 5.69 Å². The highest BCUT2D eigenvalue weighted by Crippen LogP contribution is 2.00. The van der Waals surface area contributed by atoms with E-state index in [1.54, 1.807) is 30.3 Å². The van der Waals surface area contributed by atoms with Crippen LogP contribution in [0.15, 0.2) is 35.1 Å². The maximum atomic E-state index is 11.5. The van der Waals surface area contributed by atoms with Crippen molar-refractivity contribution in [3.63, 3.8) is 0 Å². The smallest absolute Gasteiger partial charge is 0.350 e. The predicted molar refractivity (Wildman–Crippen MR) is 50.6 cm³/mol. The van der Waals surface area contributed by atoms with E-state index in [9.17, 15) is 9.59 Å². The molecule has 0 saturated heterocycles. The highest BCUT2D eigenvalue weighted by Gasteiger charge is 2.11. The molecule has 0 radical (unpaired) electrons. The van der Waals surface area contributed by atoms with Gasteiger partial charge in [-0.15, -0.1) is 4.68 Å². The van der Waals surface area contributed by atoms with E-state index in [4.69, 9.17) is 5.73 Å². The number of hydrogen-bond donors (Lipinski definition) is 1. The molecule has 0 aliphatic heterocycles. The highest BCUT2D eigenvalue weighted by atomic mass is 16.2. The minimum absolute atomic E-state index is 0.493. The molecule has 0 atom stereocenters. The minimum atomic E-state index is -0.956. The Morgan fingerprint density at radius 1 is 1.20 bits per heavy atom. The Bertz CT molecular complexity index is 542. The van der Waals surface area contributed by atoms with Gasteiger partial charge in [0.2, 0.25) is 0 Å². The second-order valence-electron chi connectivity index (χ2n) is 2.76. The van der Waals surface area contributed by atoms with Crippen molar-refractivity contribution in [2.75, 3.05) is 0 Å². The normalized spacial score (nSPS) is 10.1. The van der Waals surface area contributed by atoms with Crippen LogP contribution < -0.4 is 11.4 Å². The van der Waals surface area contributed by atoms with Crippen molar-refractivity contribution in [3.05, 3.63) is 40.8 Å². The zero-order valence-corrected chi connectivity index (χ0v) is 7.57. The Balaban J connectivity index is 2.57. The van der Waals surface area contributed by atoms with E-state index in [-0.39, 0.29) is 0 Å². The maximum absolute atomic E-state index is 11.5. The molecule has 0 aliphatic rings. The highest BCUT2D eigenvalue weighted by molar-refractivity contribution is 5.73. The first kappa shape index (κ1) is 9.13. The summed E-state index contributed by atoms with van der Waals surface area (Å²) in [4.78, 5) is 22.2. The lowest BCUT2D eigenvalue weighted by Gasteiger charge is -1.95. The van der Waals surface area contributed by atoms with Crippen LogP contribution in [-0.4, -0.2) is 25.8 Å². The topological polar surface area (TPSA) is 95.8 Å². The lowest BCUT2D eigenvalue weighted by molar-refractivity contribution is 0.246. The molecule has 1 amide bonds. The van der Waals surface area contributed by atoms with E-state index in [2.05, 4.69) is 10.4 Å². The van der Waals surface area contributed by atoms with Gasteiger partial charge in [0.1, 0.15) is 0 Å². The summed E-state index contributed by atoms with van der Waals surface area (Å²) in [6, 6.07) is 7.66. The number of aromatic nitrogens is 4. The SMILES string of the molecule is NC(=O)n1nnn(-c2ccccc2)c1=O. The third kappa shape index (κ3) is 1.50. The van der Waals surface area contributed by atoms with E-state index >= 15 is 0 Å². The third-order valence-electron chi connectivity index (χ3n) is 1.79. The van der Waals surface area contributed by atoms with Gasteiger partial charge in [-0.3, -0.25) is 0 Å². The van der Waals surface area contributed by atoms with Crippen molar-refractivity contribution in [2.45, 2.75) is 0 Å². The fourth-order valence-electron chi connectivity index (χ4n) is 1.12. The Kier molecular flexibility index (Phi) is 2.05. The molecule has 0 bridgehead atoms. The summed E-state index contributed by atoms with van der Waals surface area (Å²) in [6.45, 7) is 0. The molecule has 76 valence electrons. The molecule has 0 spiro atoms. The van der Waals surface area contributed by atoms with Crippen LogP contribution in [0, 0.1) is 0 Å². The summed E-state index contributed by atoms with van der Waals surface area (Å²) in [5.74, 6) is 0. The van der Waals surface area contributed by atoms with Crippen molar-refractivity contribution in [3.8, 4) is 5.69 Å². The number of nitrogens with two attached hydrogens (primary N) is 1. The number of para-hydroxylation sites is 1. The van der Waals surface area contributed by atoms with E-state index in [1.165, 1.54) is 0 Å². The Hall–Kier alpha value is -2.44.